The lowest BCUT2D eigenvalue weighted by Gasteiger charge is -2.34. The molecule has 4 fully saturated rings. The molecule has 6 N–H and O–H groups in total. The fourth-order valence-electron chi connectivity index (χ4n) is 11.1. The summed E-state index contributed by atoms with van der Waals surface area (Å²) in [7, 11) is 8.70. The second kappa shape index (κ2) is 20.4. The topological polar surface area (TPSA) is 154 Å². The molecular formula is C47H68N4O7S2. The van der Waals surface area contributed by atoms with Crippen LogP contribution in [0.2, 0.25) is 0 Å². The van der Waals surface area contributed by atoms with Gasteiger partial charge in [0.15, 0.2) is 41.0 Å². The summed E-state index contributed by atoms with van der Waals surface area (Å²) in [6, 6.07) is 9.58. The first-order valence-corrected chi connectivity index (χ1v) is 24.9. The Balaban J connectivity index is 1.19. The van der Waals surface area contributed by atoms with Gasteiger partial charge in [0.05, 0.1) is 24.8 Å². The van der Waals surface area contributed by atoms with Crippen LogP contribution in [-0.4, -0.2) is 84.4 Å². The van der Waals surface area contributed by atoms with Crippen LogP contribution < -0.4 is 25.4 Å². The second-order valence-corrected chi connectivity index (χ2v) is 20.7. The first-order valence-electron chi connectivity index (χ1n) is 22.4. The number of ketones is 1. The van der Waals surface area contributed by atoms with Gasteiger partial charge in [-0.1, -0.05) is 72.3 Å². The number of fused-ring (bicyclic) bond motifs is 4. The van der Waals surface area contributed by atoms with Gasteiger partial charge in [0, 0.05) is 31.2 Å². The number of aromatic hydroxyl groups is 2. The molecule has 2 aromatic rings. The largest absolute Gasteiger partial charge is 0.504 e. The number of phenolic OH excluding ortho intramolecular Hbond substituents is 2. The van der Waals surface area contributed by atoms with E-state index >= 15 is 0 Å². The van der Waals surface area contributed by atoms with Gasteiger partial charge >= 0.3 is 0 Å². The van der Waals surface area contributed by atoms with Gasteiger partial charge in [-0.15, -0.1) is 0 Å². The smallest absolute Gasteiger partial charge is 0.196 e. The molecule has 5 atom stereocenters. The molecule has 1 heterocycles. The van der Waals surface area contributed by atoms with E-state index < -0.39 is 17.3 Å². The van der Waals surface area contributed by atoms with Crippen LogP contribution >= 0.6 is 21.6 Å². The highest BCUT2D eigenvalue weighted by Gasteiger charge is 2.48. The normalized spacial score (nSPS) is 28.9. The maximum absolute atomic E-state index is 14.7. The SMILES string of the molecule is CN=C1NCSSC[C@@H]2CCC[C@@]2(Cc2ccc(O)c(OC)c2)C(=O)C=CCC2(CCCC2)c2cc(c(O)c(O[C@]3(CNC)CC[C@H](C[C@H](O)OC4CCCCC4)C3)c2)N1. The summed E-state index contributed by atoms with van der Waals surface area (Å²) in [5.41, 5.74) is 1.21. The van der Waals surface area contributed by atoms with Crippen molar-refractivity contribution in [3.63, 3.8) is 0 Å². The van der Waals surface area contributed by atoms with Gasteiger partial charge in [0.25, 0.3) is 0 Å². The van der Waals surface area contributed by atoms with Gasteiger partial charge < -0.3 is 45.5 Å². The van der Waals surface area contributed by atoms with Gasteiger partial charge in [-0.3, -0.25) is 9.79 Å². The van der Waals surface area contributed by atoms with Crippen molar-refractivity contribution in [3.05, 3.63) is 53.6 Å². The summed E-state index contributed by atoms with van der Waals surface area (Å²) in [6.45, 7) is 0.600. The molecule has 4 saturated carbocycles. The molecule has 7 rings (SSSR count). The lowest BCUT2D eigenvalue weighted by Crippen LogP contribution is -2.43. The predicted octanol–water partition coefficient (Wildman–Crippen LogP) is 9.00. The Morgan fingerprint density at radius 1 is 0.967 bits per heavy atom. The average Bonchev–Trinajstić information content (AvgIpc) is 3.99. The number of hydrogen-bond acceptors (Lipinski definition) is 11. The molecular weight excluding hydrogens is 797 g/mol. The quantitative estimate of drug-likeness (QED) is 0.0726. The van der Waals surface area contributed by atoms with E-state index in [1.54, 1.807) is 41.8 Å². The average molecular weight is 865 g/mol. The fraction of sp³-hybridized carbons (Fsp3) is 0.660. The summed E-state index contributed by atoms with van der Waals surface area (Å²) >= 11 is 0. The number of nitrogens with zero attached hydrogens (tertiary/aromatic N) is 1. The second-order valence-electron chi connectivity index (χ2n) is 18.2. The Bertz CT molecular complexity index is 1830. The third-order valence-electron chi connectivity index (χ3n) is 14.3. The maximum Gasteiger partial charge on any atom is 0.196 e. The third-order valence-corrected chi connectivity index (χ3v) is 16.5. The van der Waals surface area contributed by atoms with Crippen LogP contribution in [0.4, 0.5) is 5.69 Å². The number of methoxy groups -OCH3 is 1. The zero-order chi connectivity index (χ0) is 42.2. The van der Waals surface area contributed by atoms with E-state index in [2.05, 4.69) is 39.2 Å². The number of aliphatic hydroxyl groups is 1. The number of likely N-dealkylation sites (N-methyl/N-ethyl adjacent to an activating group) is 1. The number of rotatable bonds is 11. The summed E-state index contributed by atoms with van der Waals surface area (Å²) in [6.07, 6.45) is 20.1. The number of phenols is 2. The van der Waals surface area contributed by atoms with Crippen molar-refractivity contribution in [3.8, 4) is 23.0 Å². The molecule has 1 spiro atoms. The number of nitrogens with one attached hydrogen (secondary N) is 3. The Kier molecular flexibility index (Phi) is 15.3. The van der Waals surface area contributed by atoms with E-state index in [1.807, 2.05) is 25.3 Å². The number of hydrogen-bond donors (Lipinski definition) is 6. The number of benzene rings is 2. The van der Waals surface area contributed by atoms with E-state index in [1.165, 1.54) is 6.42 Å². The van der Waals surface area contributed by atoms with Gasteiger partial charge in [0.1, 0.15) is 5.60 Å². The minimum atomic E-state index is -0.788. The summed E-state index contributed by atoms with van der Waals surface area (Å²) in [5, 5.41) is 43.6. The van der Waals surface area contributed by atoms with Gasteiger partial charge in [-0.05, 0) is 136 Å². The number of aliphatic imine (C=N–C) groups is 1. The van der Waals surface area contributed by atoms with E-state index in [4.69, 9.17) is 14.2 Å². The number of carbonyl (C=O) groups excluding carboxylic acids is 1. The molecule has 0 unspecified atom stereocenters. The van der Waals surface area contributed by atoms with Crippen molar-refractivity contribution in [1.82, 2.24) is 10.6 Å². The minimum Gasteiger partial charge on any atom is -0.504 e. The van der Waals surface area contributed by atoms with E-state index in [-0.39, 0.29) is 40.6 Å². The first kappa shape index (κ1) is 44.9. The van der Waals surface area contributed by atoms with Crippen molar-refractivity contribution in [2.24, 2.45) is 22.2 Å². The van der Waals surface area contributed by atoms with Crippen LogP contribution in [-0.2, 0) is 21.4 Å². The van der Waals surface area contributed by atoms with Crippen LogP contribution in [0, 0.1) is 17.3 Å². The number of carbonyl (C=O) groups is 1. The molecule has 5 aliphatic rings. The molecule has 4 aliphatic carbocycles. The zero-order valence-electron chi connectivity index (χ0n) is 35.9. The van der Waals surface area contributed by atoms with E-state index in [9.17, 15) is 20.1 Å². The fourth-order valence-corrected chi connectivity index (χ4v) is 13.4. The molecule has 0 aromatic heterocycles. The van der Waals surface area contributed by atoms with Crippen molar-refractivity contribution >= 4 is 39.0 Å². The van der Waals surface area contributed by atoms with Crippen molar-refractivity contribution < 1.29 is 34.3 Å². The predicted molar refractivity (Wildman–Crippen MR) is 243 cm³/mol. The van der Waals surface area contributed by atoms with Crippen LogP contribution in [0.25, 0.3) is 0 Å². The molecule has 1 aliphatic heterocycles. The first-order chi connectivity index (χ1) is 29.1. The zero-order valence-corrected chi connectivity index (χ0v) is 37.6. The maximum atomic E-state index is 14.7. The summed E-state index contributed by atoms with van der Waals surface area (Å²) in [4.78, 5) is 19.3. The molecule has 60 heavy (non-hydrogen) atoms. The van der Waals surface area contributed by atoms with Crippen LogP contribution in [0.1, 0.15) is 120 Å². The van der Waals surface area contributed by atoms with Gasteiger partial charge in [-0.25, -0.2) is 0 Å². The van der Waals surface area contributed by atoms with E-state index in [0.29, 0.717) is 54.8 Å². The standard InChI is InChI=1S/C47H68N4O7S2/c1-48-30-46(22-17-33(27-46)24-42(54)57-36-12-5-4-6-13-36)58-40-26-35-25-37(43(40)55)51-44(49-2)50-31-60-59-29-34-11-9-21-47(34,28-32-15-16-38(52)39(23-32)56-3)41(53)14-10-20-45(35)18-7-8-19-45/h10,14-16,23,25-26,33-34,36,42,48,52,54-55H,4-9,11-13,17-22,24,27-31H2,1-3H3,(H2,49,50,51)/t33-,34+,42-,46-,47+/m1/s1. The lowest BCUT2D eigenvalue weighted by atomic mass is 9.70. The van der Waals surface area contributed by atoms with Crippen molar-refractivity contribution in [1.29, 1.82) is 0 Å². The highest BCUT2D eigenvalue weighted by atomic mass is 33.1. The number of anilines is 1. The molecule has 0 amide bonds. The minimum absolute atomic E-state index is 0.0423. The Labute approximate surface area is 365 Å². The third kappa shape index (κ3) is 10.4. The number of allylic oxidation sites excluding steroid dienone is 2. The van der Waals surface area contributed by atoms with Crippen molar-refractivity contribution in [2.45, 2.75) is 139 Å². The van der Waals surface area contributed by atoms with Gasteiger partial charge in [-0.2, -0.15) is 0 Å². The van der Waals surface area contributed by atoms with Crippen LogP contribution in [0.15, 0.2) is 47.5 Å². The summed E-state index contributed by atoms with van der Waals surface area (Å²) < 4.78 is 18.6. The summed E-state index contributed by atoms with van der Waals surface area (Å²) in [5.74, 6) is 3.55. The molecule has 0 saturated heterocycles. The highest BCUT2D eigenvalue weighted by molar-refractivity contribution is 8.76. The lowest BCUT2D eigenvalue weighted by molar-refractivity contribution is -0.152. The van der Waals surface area contributed by atoms with Crippen molar-refractivity contribution in [2.75, 3.05) is 44.7 Å². The number of guanidine groups is 1. The van der Waals surface area contributed by atoms with Crippen LogP contribution in [0.5, 0.6) is 23.0 Å². The molecule has 2 bridgehead atoms. The Morgan fingerprint density at radius 2 is 1.78 bits per heavy atom. The van der Waals surface area contributed by atoms with Gasteiger partial charge in [0.2, 0.25) is 0 Å². The number of aliphatic hydroxyl groups excluding tert-OH is 1. The van der Waals surface area contributed by atoms with E-state index in [0.717, 1.165) is 107 Å². The molecule has 13 heteroatoms. The van der Waals surface area contributed by atoms with Crippen LogP contribution in [0.3, 0.4) is 0 Å². The highest BCUT2D eigenvalue weighted by Crippen LogP contribution is 2.52. The molecule has 0 radical (unpaired) electrons. The molecule has 2 aromatic carbocycles. The number of ether oxygens (including phenoxy) is 3. The molecule has 11 nitrogen and oxygen atoms in total. The monoisotopic (exact) mass is 864 g/mol. The molecule has 330 valence electrons. The Morgan fingerprint density at radius 3 is 2.55 bits per heavy atom. The Hall–Kier alpha value is -3.10.